The van der Waals surface area contributed by atoms with Gasteiger partial charge in [0.2, 0.25) is 0 Å². The Hall–Kier alpha value is -0.710. The van der Waals surface area contributed by atoms with Crippen LogP contribution in [0.15, 0.2) is 11.6 Å². The summed E-state index contributed by atoms with van der Waals surface area (Å²) in [7, 11) is 0. The van der Waals surface area contributed by atoms with Crippen molar-refractivity contribution in [1.82, 2.24) is 0 Å². The van der Waals surface area contributed by atoms with Gasteiger partial charge in [-0.2, -0.15) is 0 Å². The second-order valence-corrected chi connectivity index (χ2v) is 9.65. The van der Waals surface area contributed by atoms with E-state index in [1.807, 2.05) is 6.92 Å². The molecule has 0 radical (unpaired) electrons. The largest absolute Gasteiger partial charge is 0.393 e. The third-order valence-corrected chi connectivity index (χ3v) is 8.85. The van der Waals surface area contributed by atoms with Gasteiger partial charge in [0.25, 0.3) is 0 Å². The summed E-state index contributed by atoms with van der Waals surface area (Å²) in [6.45, 7) is 5.81. The molecule has 4 aliphatic rings. The number of aliphatic hydroxyl groups is 3. The predicted molar refractivity (Wildman–Crippen MR) is 94.7 cm³/mol. The Bertz CT molecular complexity index is 627. The number of fused-ring (bicyclic) bond motifs is 5. The summed E-state index contributed by atoms with van der Waals surface area (Å²) in [4.78, 5) is 12.2. The van der Waals surface area contributed by atoms with Gasteiger partial charge in [-0.3, -0.25) is 4.79 Å². The molecular weight excluding hydrogens is 316 g/mol. The molecule has 4 rings (SSSR count). The van der Waals surface area contributed by atoms with Crippen LogP contribution in [-0.4, -0.2) is 38.9 Å². The summed E-state index contributed by atoms with van der Waals surface area (Å²) < 4.78 is 0. The molecule has 25 heavy (non-hydrogen) atoms. The molecule has 0 aliphatic heterocycles. The van der Waals surface area contributed by atoms with Crippen LogP contribution in [0.25, 0.3) is 0 Å². The van der Waals surface area contributed by atoms with Crippen LogP contribution < -0.4 is 0 Å². The zero-order valence-corrected chi connectivity index (χ0v) is 15.7. The maximum atomic E-state index is 12.2. The van der Waals surface area contributed by atoms with E-state index >= 15 is 0 Å². The van der Waals surface area contributed by atoms with E-state index in [1.165, 1.54) is 5.57 Å². The zero-order chi connectivity index (χ0) is 18.2. The van der Waals surface area contributed by atoms with E-state index in [0.717, 1.165) is 25.7 Å². The topological polar surface area (TPSA) is 77.8 Å². The maximum absolute atomic E-state index is 12.2. The van der Waals surface area contributed by atoms with Gasteiger partial charge in [-0.1, -0.05) is 25.5 Å². The first-order chi connectivity index (χ1) is 11.6. The molecule has 0 unspecified atom stereocenters. The quantitative estimate of drug-likeness (QED) is 0.637. The van der Waals surface area contributed by atoms with Crippen LogP contribution in [0.2, 0.25) is 0 Å². The van der Waals surface area contributed by atoms with E-state index in [0.29, 0.717) is 19.3 Å². The van der Waals surface area contributed by atoms with Crippen LogP contribution in [0, 0.1) is 28.6 Å². The fraction of sp³-hybridized carbons (Fsp3) is 0.857. The average Bonchev–Trinajstić information content (AvgIpc) is 2.83. The van der Waals surface area contributed by atoms with Gasteiger partial charge >= 0.3 is 0 Å². The highest BCUT2D eigenvalue weighted by atomic mass is 16.3. The Balaban J connectivity index is 1.77. The fourth-order valence-electron chi connectivity index (χ4n) is 7.24. The number of Topliss-reactive ketones (excluding diaryl/α,β-unsaturated/α-hetero) is 1. The molecule has 0 spiro atoms. The lowest BCUT2D eigenvalue weighted by molar-refractivity contribution is -0.224. The lowest BCUT2D eigenvalue weighted by Crippen LogP contribution is -2.66. The smallest absolute Gasteiger partial charge is 0.133 e. The molecule has 0 aromatic carbocycles. The Morgan fingerprint density at radius 1 is 1.16 bits per heavy atom. The van der Waals surface area contributed by atoms with E-state index < -0.39 is 17.1 Å². The first kappa shape index (κ1) is 17.7. The van der Waals surface area contributed by atoms with Crippen molar-refractivity contribution in [3.05, 3.63) is 11.6 Å². The molecule has 3 N–H and O–H groups in total. The lowest BCUT2D eigenvalue weighted by atomic mass is 9.45. The van der Waals surface area contributed by atoms with Crippen LogP contribution in [0.3, 0.4) is 0 Å². The van der Waals surface area contributed by atoms with E-state index in [9.17, 15) is 20.1 Å². The van der Waals surface area contributed by atoms with Crippen LogP contribution >= 0.6 is 0 Å². The number of allylic oxidation sites excluding steroid dienone is 1. The van der Waals surface area contributed by atoms with Crippen molar-refractivity contribution in [1.29, 1.82) is 0 Å². The average molecular weight is 348 g/mol. The van der Waals surface area contributed by atoms with E-state index in [2.05, 4.69) is 13.0 Å². The number of carbonyl (C=O) groups is 1. The molecule has 8 atom stereocenters. The second-order valence-electron chi connectivity index (χ2n) is 9.65. The summed E-state index contributed by atoms with van der Waals surface area (Å²) in [6, 6.07) is 0. The third-order valence-electron chi connectivity index (χ3n) is 8.85. The highest BCUT2D eigenvalue weighted by Gasteiger charge is 2.70. The van der Waals surface area contributed by atoms with Crippen LogP contribution in [-0.2, 0) is 4.79 Å². The standard InChI is InChI=1S/C21H32O4/c1-12(22)15-7-9-21(25)16-5-4-13-10-14(23)6-8-19(13,2)17(16)11-18(24)20(15,21)3/h4,14-18,23-25H,5-11H2,1-3H3/t14-,15+,16-,17-,18+,19-,20-,21-/m0/s1. The monoisotopic (exact) mass is 348 g/mol. The first-order valence-corrected chi connectivity index (χ1v) is 9.93. The summed E-state index contributed by atoms with van der Waals surface area (Å²) in [6.07, 6.45) is 6.49. The minimum absolute atomic E-state index is 0.0471. The maximum Gasteiger partial charge on any atom is 0.133 e. The molecule has 4 nitrogen and oxygen atoms in total. The van der Waals surface area contributed by atoms with Gasteiger partial charge in [-0.15, -0.1) is 0 Å². The van der Waals surface area contributed by atoms with Gasteiger partial charge in [0.1, 0.15) is 5.78 Å². The van der Waals surface area contributed by atoms with Crippen molar-refractivity contribution in [2.75, 3.05) is 0 Å². The molecule has 3 fully saturated rings. The molecule has 4 heteroatoms. The van der Waals surface area contributed by atoms with Crippen molar-refractivity contribution in [2.24, 2.45) is 28.6 Å². The molecule has 0 saturated heterocycles. The Labute approximate surface area is 150 Å². The Morgan fingerprint density at radius 2 is 1.88 bits per heavy atom. The number of rotatable bonds is 1. The number of aliphatic hydroxyl groups excluding tert-OH is 2. The minimum Gasteiger partial charge on any atom is -0.393 e. The van der Waals surface area contributed by atoms with Crippen molar-refractivity contribution in [3.63, 3.8) is 0 Å². The first-order valence-electron chi connectivity index (χ1n) is 9.93. The minimum atomic E-state index is -0.979. The predicted octanol–water partition coefficient (Wildman–Crippen LogP) is 2.60. The number of hydrogen-bond acceptors (Lipinski definition) is 4. The number of ketones is 1. The fourth-order valence-corrected chi connectivity index (χ4v) is 7.24. The highest BCUT2D eigenvalue weighted by molar-refractivity contribution is 5.80. The molecule has 0 aromatic heterocycles. The van der Waals surface area contributed by atoms with Crippen molar-refractivity contribution in [2.45, 2.75) is 83.5 Å². The number of hydrogen-bond donors (Lipinski definition) is 3. The van der Waals surface area contributed by atoms with Crippen molar-refractivity contribution < 1.29 is 20.1 Å². The van der Waals surface area contributed by atoms with Gasteiger partial charge in [0.05, 0.1) is 17.8 Å². The van der Waals surface area contributed by atoms with Crippen LogP contribution in [0.5, 0.6) is 0 Å². The summed E-state index contributed by atoms with van der Waals surface area (Å²) >= 11 is 0. The molecule has 0 aromatic rings. The van der Waals surface area contributed by atoms with Crippen LogP contribution in [0.4, 0.5) is 0 Å². The molecule has 140 valence electrons. The number of carbonyl (C=O) groups excluding carboxylic acids is 1. The molecule has 4 aliphatic carbocycles. The van der Waals surface area contributed by atoms with Gasteiger partial charge in [-0.05, 0) is 69.1 Å². The van der Waals surface area contributed by atoms with Crippen molar-refractivity contribution >= 4 is 5.78 Å². The molecule has 0 bridgehead atoms. The highest BCUT2D eigenvalue weighted by Crippen LogP contribution is 2.67. The zero-order valence-electron chi connectivity index (χ0n) is 15.7. The van der Waals surface area contributed by atoms with Crippen LogP contribution in [0.1, 0.15) is 65.7 Å². The van der Waals surface area contributed by atoms with E-state index in [-0.39, 0.29) is 35.1 Å². The molecular formula is C21H32O4. The third kappa shape index (κ3) is 2.08. The normalized spacial score (nSPS) is 55.0. The summed E-state index contributed by atoms with van der Waals surface area (Å²) in [5.41, 5.74) is -0.454. The molecule has 0 heterocycles. The molecule has 3 saturated carbocycles. The Morgan fingerprint density at radius 3 is 2.56 bits per heavy atom. The van der Waals surface area contributed by atoms with E-state index in [1.54, 1.807) is 6.92 Å². The summed E-state index contributed by atoms with van der Waals surface area (Å²) in [5.74, 6) is 0.155. The SMILES string of the molecule is CC(=O)[C@H]1CC[C@]2(O)[C@H]3CC=C4C[C@@H](O)CC[C@]4(C)[C@H]3C[C@@H](O)[C@]12C. The van der Waals surface area contributed by atoms with Gasteiger partial charge in [0.15, 0.2) is 0 Å². The second kappa shape index (κ2) is 5.40. The van der Waals surface area contributed by atoms with Crippen molar-refractivity contribution in [3.8, 4) is 0 Å². The van der Waals surface area contributed by atoms with Gasteiger partial charge in [0, 0.05) is 11.3 Å². The lowest BCUT2D eigenvalue weighted by Gasteiger charge is -2.62. The van der Waals surface area contributed by atoms with Gasteiger partial charge in [-0.25, -0.2) is 0 Å². The Kier molecular flexibility index (Phi) is 3.82. The summed E-state index contributed by atoms with van der Waals surface area (Å²) in [5, 5.41) is 33.0. The molecule has 0 amide bonds. The van der Waals surface area contributed by atoms with E-state index in [4.69, 9.17) is 0 Å². The van der Waals surface area contributed by atoms with Gasteiger partial charge < -0.3 is 15.3 Å².